The fraction of sp³-hybridized carbons (Fsp3) is 0.517. The Balaban J connectivity index is 1.39. The van der Waals surface area contributed by atoms with Crippen molar-refractivity contribution >= 4 is 17.7 Å². The smallest absolute Gasteiger partial charge is 0.257 e. The third-order valence-electron chi connectivity index (χ3n) is 7.40. The lowest BCUT2D eigenvalue weighted by Gasteiger charge is -2.41. The average Bonchev–Trinajstić information content (AvgIpc) is 3.29. The van der Waals surface area contributed by atoms with Crippen molar-refractivity contribution in [3.63, 3.8) is 0 Å². The van der Waals surface area contributed by atoms with E-state index in [9.17, 15) is 18.8 Å². The lowest BCUT2D eigenvalue weighted by atomic mass is 9.96. The maximum atomic E-state index is 14.4. The molecule has 1 N–H and O–H groups in total. The number of halogens is 1. The highest BCUT2D eigenvalue weighted by molar-refractivity contribution is 5.96. The first-order chi connectivity index (χ1) is 19.1. The predicted molar refractivity (Wildman–Crippen MR) is 144 cm³/mol. The van der Waals surface area contributed by atoms with Gasteiger partial charge in [0.25, 0.3) is 11.8 Å². The highest BCUT2D eigenvalue weighted by Gasteiger charge is 2.39. The van der Waals surface area contributed by atoms with Gasteiger partial charge in [-0.15, -0.1) is 0 Å². The molecule has 3 aliphatic rings. The molecule has 0 saturated carbocycles. The number of rotatable bonds is 2. The molecule has 214 valence electrons. The number of carbonyl (C=O) groups excluding carboxylic acids is 3. The molecule has 1 aromatic heterocycles. The summed E-state index contributed by atoms with van der Waals surface area (Å²) in [6.07, 6.45) is 1.16. The summed E-state index contributed by atoms with van der Waals surface area (Å²) in [6.45, 7) is 8.91. The summed E-state index contributed by atoms with van der Waals surface area (Å²) in [4.78, 5) is 49.6. The Morgan fingerprint density at radius 1 is 1.10 bits per heavy atom. The van der Waals surface area contributed by atoms with Crippen LogP contribution in [0.2, 0.25) is 0 Å². The largest absolute Gasteiger partial charge is 0.475 e. The second kappa shape index (κ2) is 11.5. The van der Waals surface area contributed by atoms with Gasteiger partial charge >= 0.3 is 0 Å². The molecule has 0 unspecified atom stereocenters. The number of piperazine rings is 1. The molecular formula is C29H36FN5O5. The van der Waals surface area contributed by atoms with Crippen LogP contribution in [-0.4, -0.2) is 108 Å². The number of nitrogens with zero attached hydrogens (tertiary/aromatic N) is 4. The first-order valence-electron chi connectivity index (χ1n) is 13.6. The maximum Gasteiger partial charge on any atom is 0.257 e. The molecule has 0 bridgehead atoms. The Kier molecular flexibility index (Phi) is 8.04. The molecule has 40 heavy (non-hydrogen) atoms. The number of hydrogen-bond donors (Lipinski definition) is 1. The van der Waals surface area contributed by atoms with Crippen LogP contribution >= 0.6 is 0 Å². The molecule has 0 aliphatic carbocycles. The molecule has 3 amide bonds. The molecule has 2 fully saturated rings. The summed E-state index contributed by atoms with van der Waals surface area (Å²) in [5, 5.41) is 3.07. The van der Waals surface area contributed by atoms with Crippen LogP contribution in [-0.2, 0) is 9.53 Å². The highest BCUT2D eigenvalue weighted by Crippen LogP contribution is 2.24. The SMILES string of the molecule is CC(C)(C)CN1C[C@@H]2OCC(=O)N3CCN(C(=O)c4ccccc4F)C[C@H]3COc3ncccc3C(=O)N[C@@H]2C1. The van der Waals surface area contributed by atoms with Gasteiger partial charge in [-0.3, -0.25) is 19.3 Å². The third-order valence-corrected chi connectivity index (χ3v) is 7.40. The van der Waals surface area contributed by atoms with Crippen LogP contribution in [0.15, 0.2) is 42.6 Å². The topological polar surface area (TPSA) is 104 Å². The lowest BCUT2D eigenvalue weighted by molar-refractivity contribution is -0.143. The quantitative estimate of drug-likeness (QED) is 0.605. The number of amides is 3. The standard InChI is InChI=1S/C29H36FN5O5/c1-29(2,3)18-33-14-23-24(15-33)39-17-25(36)35-12-11-34(28(38)20-7-4-5-9-22(20)30)13-19(35)16-40-27-21(26(37)32-23)8-6-10-31-27/h4-10,19,23-24H,11-18H2,1-3H3,(H,32,37)/t19-,23+,24-/m0/s1. The van der Waals surface area contributed by atoms with Crippen LogP contribution in [0.1, 0.15) is 41.5 Å². The van der Waals surface area contributed by atoms with Crippen molar-refractivity contribution in [1.29, 1.82) is 0 Å². The molecule has 4 heterocycles. The minimum Gasteiger partial charge on any atom is -0.475 e. The molecule has 3 aliphatic heterocycles. The minimum absolute atomic E-state index is 0.00367. The zero-order valence-corrected chi connectivity index (χ0v) is 23.1. The normalized spacial score (nSPS) is 24.4. The average molecular weight is 554 g/mol. The second-order valence-electron chi connectivity index (χ2n) is 11.8. The van der Waals surface area contributed by atoms with E-state index in [0.29, 0.717) is 13.1 Å². The third kappa shape index (κ3) is 6.26. The molecule has 2 aromatic rings. The summed E-state index contributed by atoms with van der Waals surface area (Å²) >= 11 is 0. The van der Waals surface area contributed by atoms with E-state index in [2.05, 4.69) is 36.0 Å². The van der Waals surface area contributed by atoms with Gasteiger partial charge < -0.3 is 24.6 Å². The Bertz CT molecular complexity index is 1270. The number of fused-ring (bicyclic) bond motifs is 3. The molecule has 11 heteroatoms. The monoisotopic (exact) mass is 553 g/mol. The number of carbonyl (C=O) groups is 3. The first-order valence-corrected chi connectivity index (χ1v) is 13.6. The highest BCUT2D eigenvalue weighted by atomic mass is 19.1. The van der Waals surface area contributed by atoms with Crippen LogP contribution in [0, 0.1) is 11.2 Å². The molecule has 1 aromatic carbocycles. The van der Waals surface area contributed by atoms with Crippen molar-refractivity contribution < 1.29 is 28.2 Å². The maximum absolute atomic E-state index is 14.4. The number of aromatic nitrogens is 1. The van der Waals surface area contributed by atoms with Crippen molar-refractivity contribution in [1.82, 2.24) is 25.0 Å². The Hall–Kier alpha value is -3.57. The van der Waals surface area contributed by atoms with Gasteiger partial charge in [0, 0.05) is 45.5 Å². The van der Waals surface area contributed by atoms with Gasteiger partial charge in [0.05, 0.1) is 23.8 Å². The summed E-state index contributed by atoms with van der Waals surface area (Å²) in [5.41, 5.74) is 0.312. The number of pyridine rings is 1. The lowest BCUT2D eigenvalue weighted by Crippen LogP contribution is -2.59. The van der Waals surface area contributed by atoms with Gasteiger partial charge in [-0.05, 0) is 29.7 Å². The Morgan fingerprint density at radius 3 is 2.67 bits per heavy atom. The Morgan fingerprint density at radius 2 is 1.90 bits per heavy atom. The molecule has 0 radical (unpaired) electrons. The minimum atomic E-state index is -0.596. The van der Waals surface area contributed by atoms with Gasteiger partial charge in [-0.2, -0.15) is 0 Å². The molecular weight excluding hydrogens is 517 g/mol. The van der Waals surface area contributed by atoms with Crippen molar-refractivity contribution in [3.8, 4) is 5.88 Å². The van der Waals surface area contributed by atoms with E-state index in [-0.39, 0.29) is 79.2 Å². The number of hydrogen-bond acceptors (Lipinski definition) is 7. The van der Waals surface area contributed by atoms with E-state index in [1.165, 1.54) is 29.3 Å². The zero-order valence-electron chi connectivity index (χ0n) is 23.1. The number of nitrogens with one attached hydrogen (secondary N) is 1. The van der Waals surface area contributed by atoms with Crippen LogP contribution < -0.4 is 10.1 Å². The predicted octanol–water partition coefficient (Wildman–Crippen LogP) is 1.81. The van der Waals surface area contributed by atoms with E-state index in [1.54, 1.807) is 23.1 Å². The van der Waals surface area contributed by atoms with E-state index >= 15 is 0 Å². The first kappa shape index (κ1) is 28.0. The van der Waals surface area contributed by atoms with E-state index in [0.717, 1.165) is 6.54 Å². The summed E-state index contributed by atoms with van der Waals surface area (Å²) in [5.74, 6) is -1.46. The summed E-state index contributed by atoms with van der Waals surface area (Å²) < 4.78 is 26.5. The fourth-order valence-electron chi connectivity index (χ4n) is 5.64. The number of likely N-dealkylation sites (tertiary alicyclic amines) is 1. The van der Waals surface area contributed by atoms with Crippen molar-refractivity contribution in [2.45, 2.75) is 39.0 Å². The van der Waals surface area contributed by atoms with Gasteiger partial charge in [0.15, 0.2) is 0 Å². The van der Waals surface area contributed by atoms with Gasteiger partial charge in [-0.25, -0.2) is 9.37 Å². The van der Waals surface area contributed by atoms with Gasteiger partial charge in [-0.1, -0.05) is 32.9 Å². The van der Waals surface area contributed by atoms with E-state index in [1.807, 2.05) is 0 Å². The van der Waals surface area contributed by atoms with Crippen LogP contribution in [0.4, 0.5) is 4.39 Å². The fourth-order valence-corrected chi connectivity index (χ4v) is 5.64. The molecule has 2 saturated heterocycles. The van der Waals surface area contributed by atoms with Crippen molar-refractivity contribution in [2.75, 3.05) is 52.5 Å². The van der Waals surface area contributed by atoms with E-state index < -0.39 is 17.8 Å². The summed E-state index contributed by atoms with van der Waals surface area (Å²) in [6, 6.07) is 8.29. The molecule has 0 spiro atoms. The number of benzene rings is 1. The van der Waals surface area contributed by atoms with Crippen molar-refractivity contribution in [2.24, 2.45) is 5.41 Å². The van der Waals surface area contributed by atoms with Crippen molar-refractivity contribution in [3.05, 3.63) is 59.5 Å². The van der Waals surface area contributed by atoms with E-state index in [4.69, 9.17) is 9.47 Å². The van der Waals surface area contributed by atoms with Crippen LogP contribution in [0.25, 0.3) is 0 Å². The number of ether oxygens (including phenoxy) is 2. The second-order valence-corrected chi connectivity index (χ2v) is 11.8. The van der Waals surface area contributed by atoms with Gasteiger partial charge in [0.1, 0.15) is 24.6 Å². The molecule has 3 atom stereocenters. The molecule has 5 rings (SSSR count). The van der Waals surface area contributed by atoms with Crippen LogP contribution in [0.5, 0.6) is 5.88 Å². The molecule has 10 nitrogen and oxygen atoms in total. The Labute approximate surface area is 233 Å². The zero-order chi connectivity index (χ0) is 28.4. The van der Waals surface area contributed by atoms with Crippen LogP contribution in [0.3, 0.4) is 0 Å². The summed E-state index contributed by atoms with van der Waals surface area (Å²) in [7, 11) is 0. The van der Waals surface area contributed by atoms with Gasteiger partial charge in [0.2, 0.25) is 11.8 Å².